The summed E-state index contributed by atoms with van der Waals surface area (Å²) in [5, 5.41) is 8.90. The van der Waals surface area contributed by atoms with Crippen molar-refractivity contribution in [3.63, 3.8) is 0 Å². The van der Waals surface area contributed by atoms with E-state index in [9.17, 15) is 18.0 Å². The maximum absolute atomic E-state index is 12.4. The van der Waals surface area contributed by atoms with E-state index in [1.807, 2.05) is 0 Å². The molecule has 0 saturated heterocycles. The summed E-state index contributed by atoms with van der Waals surface area (Å²) in [5.74, 6) is -2.44. The van der Waals surface area contributed by atoms with Crippen molar-refractivity contribution in [2.45, 2.75) is 31.9 Å². The molecule has 2 atom stereocenters. The monoisotopic (exact) mass is 224 g/mol. The van der Waals surface area contributed by atoms with Crippen LogP contribution in [0.5, 0.6) is 0 Å². The van der Waals surface area contributed by atoms with E-state index in [4.69, 9.17) is 10.8 Å². The fourth-order valence-electron chi connectivity index (χ4n) is 1.99. The normalized spacial score (nSPS) is 32.7. The van der Waals surface area contributed by atoms with Crippen LogP contribution in [-0.4, -0.2) is 17.2 Å². The molecule has 15 heavy (non-hydrogen) atoms. The lowest BCUT2D eigenvalue weighted by molar-refractivity contribution is -0.192. The highest BCUT2D eigenvalue weighted by Gasteiger charge is 2.50. The van der Waals surface area contributed by atoms with E-state index < -0.39 is 29.8 Å². The van der Waals surface area contributed by atoms with Crippen LogP contribution < -0.4 is 5.73 Å². The molecule has 0 aromatic heterocycles. The van der Waals surface area contributed by atoms with E-state index >= 15 is 0 Å². The smallest absolute Gasteiger partial charge is 0.389 e. The van der Waals surface area contributed by atoms with Crippen LogP contribution in [0.2, 0.25) is 0 Å². The van der Waals surface area contributed by atoms with Crippen LogP contribution in [0.1, 0.15) is 25.7 Å². The lowest BCUT2D eigenvalue weighted by Crippen LogP contribution is -2.44. The second-order valence-electron chi connectivity index (χ2n) is 3.98. The summed E-state index contributed by atoms with van der Waals surface area (Å²) in [5.41, 5.74) is 3.52. The third-order valence-corrected chi connectivity index (χ3v) is 2.99. The topological polar surface area (TPSA) is 63.3 Å². The average Bonchev–Trinajstić information content (AvgIpc) is 2.16. The predicted molar refractivity (Wildman–Crippen MR) is 45.9 cm³/mol. The van der Waals surface area contributed by atoms with Crippen molar-refractivity contribution in [2.75, 3.05) is 0 Å². The van der Waals surface area contributed by atoms with Crippen LogP contribution in [0, 0.1) is 17.9 Å². The zero-order chi connectivity index (χ0) is 11.7. The minimum Gasteiger partial charge on any atom is -0.389 e. The first-order valence-corrected chi connectivity index (χ1v) is 4.67. The van der Waals surface area contributed by atoms with Crippen LogP contribution in [0.15, 0.2) is 0 Å². The fraction of sp³-hybridized carbons (Fsp3) is 0.778. The zero-order valence-electron chi connectivity index (χ0n) is 8.05. The van der Waals surface area contributed by atoms with Crippen LogP contribution in [-0.2, 0) is 4.79 Å². The Kier molecular flexibility index (Phi) is 3.28. The number of primary amides is 1. The maximum Gasteiger partial charge on any atom is 0.391 e. The second kappa shape index (κ2) is 4.00. The number of nitrogens with two attached hydrogens (primary N) is 1. The highest BCUT2D eigenvalue weighted by atomic mass is 19.4. The van der Waals surface area contributed by atoms with Gasteiger partial charge in [-0.15, -0.1) is 0 Å². The van der Waals surface area contributed by atoms with Crippen molar-refractivity contribution < 1.29 is 23.1 Å². The number of aliphatic hydroxyl groups excluding tert-OH is 1. The Labute approximate surface area is 85.4 Å². The molecule has 1 saturated carbocycles. The van der Waals surface area contributed by atoms with Gasteiger partial charge in [0.25, 0.3) is 0 Å². The van der Waals surface area contributed by atoms with Crippen LogP contribution in [0.25, 0.3) is 0 Å². The Hall–Kier alpha value is -0.780. The van der Waals surface area contributed by atoms with Crippen molar-refractivity contribution in [1.29, 1.82) is 0 Å². The van der Waals surface area contributed by atoms with Gasteiger partial charge in [-0.05, 0) is 19.3 Å². The fourth-order valence-corrected chi connectivity index (χ4v) is 1.99. The summed E-state index contributed by atoms with van der Waals surface area (Å²) >= 11 is 0. The van der Waals surface area contributed by atoms with Gasteiger partial charge in [0.1, 0.15) is 0 Å². The van der Waals surface area contributed by atoms with E-state index in [1.165, 1.54) is 0 Å². The lowest BCUT2D eigenvalue weighted by Gasteiger charge is -2.37. The van der Waals surface area contributed by atoms with Crippen molar-refractivity contribution in [1.82, 2.24) is 0 Å². The predicted octanol–water partition coefficient (Wildman–Crippen LogP) is 1.74. The third kappa shape index (κ3) is 2.42. The van der Waals surface area contributed by atoms with Gasteiger partial charge in [0.05, 0.1) is 17.9 Å². The minimum atomic E-state index is -4.33. The van der Waals surface area contributed by atoms with E-state index in [0.717, 1.165) is 0 Å². The number of halogens is 3. The van der Waals surface area contributed by atoms with E-state index in [1.54, 1.807) is 0 Å². The van der Waals surface area contributed by atoms with E-state index in [0.29, 0.717) is 6.61 Å². The van der Waals surface area contributed by atoms with Gasteiger partial charge in [-0.2, -0.15) is 13.2 Å². The summed E-state index contributed by atoms with van der Waals surface area (Å²) in [7, 11) is 0. The molecular formula is C9H13F3NO2. The highest BCUT2D eigenvalue weighted by Crippen LogP contribution is 2.46. The molecule has 3 nitrogen and oxygen atoms in total. The van der Waals surface area contributed by atoms with E-state index in [-0.39, 0.29) is 19.3 Å². The quantitative estimate of drug-likeness (QED) is 0.750. The molecule has 0 spiro atoms. The first-order chi connectivity index (χ1) is 6.82. The molecule has 0 bridgehead atoms. The maximum atomic E-state index is 12.4. The van der Waals surface area contributed by atoms with Gasteiger partial charge in [0, 0.05) is 0 Å². The molecule has 1 fully saturated rings. The van der Waals surface area contributed by atoms with Crippen LogP contribution >= 0.6 is 0 Å². The molecule has 87 valence electrons. The van der Waals surface area contributed by atoms with Gasteiger partial charge < -0.3 is 10.8 Å². The molecule has 1 radical (unpaired) electrons. The molecule has 0 aromatic carbocycles. The highest BCUT2D eigenvalue weighted by molar-refractivity contribution is 5.82. The molecule has 3 N–H and O–H groups in total. The Morgan fingerprint density at radius 2 is 2.13 bits per heavy atom. The van der Waals surface area contributed by atoms with Crippen molar-refractivity contribution in [2.24, 2.45) is 17.1 Å². The molecule has 0 aromatic rings. The molecule has 1 aliphatic rings. The number of carbonyl (C=O) groups excluding carboxylic acids is 1. The molecular weight excluding hydrogens is 211 g/mol. The summed E-state index contributed by atoms with van der Waals surface area (Å²) < 4.78 is 37.3. The lowest BCUT2D eigenvalue weighted by atomic mass is 9.69. The molecule has 1 aliphatic carbocycles. The Morgan fingerprint density at radius 3 is 2.53 bits per heavy atom. The first-order valence-electron chi connectivity index (χ1n) is 4.67. The molecule has 6 heteroatoms. The van der Waals surface area contributed by atoms with E-state index in [2.05, 4.69) is 0 Å². The van der Waals surface area contributed by atoms with Crippen LogP contribution in [0.4, 0.5) is 13.2 Å². The number of hydrogen-bond acceptors (Lipinski definition) is 2. The number of rotatable bonds is 2. The van der Waals surface area contributed by atoms with Crippen LogP contribution in [0.3, 0.4) is 0 Å². The summed E-state index contributed by atoms with van der Waals surface area (Å²) in [6.45, 7) is 0.521. The molecule has 1 amide bonds. The minimum absolute atomic E-state index is 0.00757. The Bertz CT molecular complexity index is 254. The van der Waals surface area contributed by atoms with Gasteiger partial charge in [0.2, 0.25) is 5.91 Å². The van der Waals surface area contributed by atoms with Crippen molar-refractivity contribution in [3.05, 3.63) is 6.61 Å². The van der Waals surface area contributed by atoms with Gasteiger partial charge >= 0.3 is 6.18 Å². The molecule has 0 heterocycles. The van der Waals surface area contributed by atoms with Gasteiger partial charge in [-0.3, -0.25) is 4.79 Å². The Morgan fingerprint density at radius 1 is 1.53 bits per heavy atom. The number of alkyl halides is 3. The number of carbonyl (C=O) groups is 1. The number of aliphatic hydroxyl groups is 1. The number of amides is 1. The SMILES string of the molecule is NC(=O)C1([CH]O)CCCC(C(F)(F)F)C1. The summed E-state index contributed by atoms with van der Waals surface area (Å²) in [4.78, 5) is 11.0. The standard InChI is InChI=1S/C9H13F3NO2/c10-9(11,12)6-2-1-3-8(4-6,5-14)7(13)15/h5-6,14H,1-4H2,(H2,13,15). The van der Waals surface area contributed by atoms with Crippen molar-refractivity contribution in [3.8, 4) is 0 Å². The molecule has 1 rings (SSSR count). The summed E-state index contributed by atoms with van der Waals surface area (Å²) in [6.07, 6.45) is -4.35. The second-order valence-corrected chi connectivity index (χ2v) is 3.98. The first kappa shape index (κ1) is 12.3. The molecule has 0 aliphatic heterocycles. The largest absolute Gasteiger partial charge is 0.391 e. The Balaban J connectivity index is 2.82. The van der Waals surface area contributed by atoms with Crippen molar-refractivity contribution >= 4 is 5.91 Å². The van der Waals surface area contributed by atoms with Gasteiger partial charge in [0.15, 0.2) is 0 Å². The van der Waals surface area contributed by atoms with Gasteiger partial charge in [-0.1, -0.05) is 6.42 Å². The zero-order valence-corrected chi connectivity index (χ0v) is 8.05. The molecule has 2 unspecified atom stereocenters. The summed E-state index contributed by atoms with van der Waals surface area (Å²) in [6, 6.07) is 0. The average molecular weight is 224 g/mol. The number of hydrogen-bond donors (Lipinski definition) is 2. The third-order valence-electron chi connectivity index (χ3n) is 2.99. The van der Waals surface area contributed by atoms with Gasteiger partial charge in [-0.25, -0.2) is 0 Å².